The highest BCUT2D eigenvalue weighted by atomic mass is 16.5. The Morgan fingerprint density at radius 1 is 0.639 bits per heavy atom. The number of benzene rings is 2. The number of carbonyl (C=O) groups excluding carboxylic acids is 4. The number of esters is 4. The second kappa shape index (κ2) is 13.0. The van der Waals surface area contributed by atoms with Gasteiger partial charge in [0.15, 0.2) is 0 Å². The van der Waals surface area contributed by atoms with Crippen LogP contribution < -0.4 is 9.47 Å². The van der Waals surface area contributed by atoms with Crippen molar-refractivity contribution in [1.29, 1.82) is 0 Å². The molecule has 1 aliphatic rings. The Hall–Kier alpha value is -4.20. The maximum atomic E-state index is 12.6. The summed E-state index contributed by atoms with van der Waals surface area (Å²) in [6.45, 7) is 6.89. The van der Waals surface area contributed by atoms with Crippen molar-refractivity contribution in [3.05, 3.63) is 85.0 Å². The van der Waals surface area contributed by atoms with Crippen molar-refractivity contribution < 1.29 is 38.1 Å². The van der Waals surface area contributed by atoms with Gasteiger partial charge < -0.3 is 18.9 Å². The predicted octanol–water partition coefficient (Wildman–Crippen LogP) is 4.46. The van der Waals surface area contributed by atoms with Gasteiger partial charge in [0.2, 0.25) is 0 Å². The Morgan fingerprint density at radius 3 is 1.28 bits per heavy atom. The van der Waals surface area contributed by atoms with Crippen LogP contribution in [0.25, 0.3) is 0 Å². The van der Waals surface area contributed by atoms with Crippen LogP contribution >= 0.6 is 0 Å². The molecule has 0 spiro atoms. The molecule has 0 saturated heterocycles. The Balaban J connectivity index is 1.41. The zero-order chi connectivity index (χ0) is 25.9. The van der Waals surface area contributed by atoms with Crippen molar-refractivity contribution in [3.63, 3.8) is 0 Å². The van der Waals surface area contributed by atoms with Crippen LogP contribution in [-0.4, -0.2) is 23.9 Å². The van der Waals surface area contributed by atoms with E-state index in [9.17, 15) is 19.2 Å². The summed E-state index contributed by atoms with van der Waals surface area (Å²) in [4.78, 5) is 47.4. The van der Waals surface area contributed by atoms with E-state index in [1.54, 1.807) is 48.5 Å². The lowest BCUT2D eigenvalue weighted by Crippen LogP contribution is -2.30. The first kappa shape index (κ1) is 26.4. The van der Waals surface area contributed by atoms with Crippen LogP contribution in [0.2, 0.25) is 0 Å². The van der Waals surface area contributed by atoms with Gasteiger partial charge in [0.25, 0.3) is 0 Å². The quantitative estimate of drug-likeness (QED) is 0.272. The fourth-order valence-electron chi connectivity index (χ4n) is 3.70. The smallest absolute Gasteiger partial charge is 0.330 e. The van der Waals surface area contributed by atoms with E-state index in [4.69, 9.17) is 18.9 Å². The predicted molar refractivity (Wildman–Crippen MR) is 130 cm³/mol. The van der Waals surface area contributed by atoms with Gasteiger partial charge in [0.05, 0.1) is 11.8 Å². The average molecular weight is 493 g/mol. The van der Waals surface area contributed by atoms with E-state index < -0.39 is 11.9 Å². The Morgan fingerprint density at radius 2 is 0.972 bits per heavy atom. The fraction of sp³-hybridized carbons (Fsp3) is 0.286. The van der Waals surface area contributed by atoms with Crippen LogP contribution in [0.5, 0.6) is 11.5 Å². The van der Waals surface area contributed by atoms with Gasteiger partial charge in [-0.2, -0.15) is 0 Å². The standard InChI is InChI=1S/C28H28O8/c1-3-25(29)33-17-19-5-13-23(14-6-19)35-27(31)21-9-11-22(12-10-21)28(32)36-24-15-7-20(8-16-24)18-34-26(30)4-2/h3-8,13-16,21-22H,1-2,9-12,17-18H2. The van der Waals surface area contributed by atoms with Gasteiger partial charge >= 0.3 is 23.9 Å². The highest BCUT2D eigenvalue weighted by Crippen LogP contribution is 2.31. The van der Waals surface area contributed by atoms with Crippen LogP contribution in [-0.2, 0) is 41.9 Å². The normalized spacial score (nSPS) is 16.8. The molecular formula is C28H28O8. The van der Waals surface area contributed by atoms with Gasteiger partial charge in [-0.15, -0.1) is 0 Å². The molecule has 8 nitrogen and oxygen atoms in total. The Labute approximate surface area is 209 Å². The molecule has 1 saturated carbocycles. The zero-order valence-corrected chi connectivity index (χ0v) is 19.9. The van der Waals surface area contributed by atoms with E-state index in [2.05, 4.69) is 13.2 Å². The van der Waals surface area contributed by atoms with Gasteiger partial charge in [-0.25, -0.2) is 9.59 Å². The maximum absolute atomic E-state index is 12.6. The molecule has 0 radical (unpaired) electrons. The van der Waals surface area contributed by atoms with Crippen LogP contribution in [0.4, 0.5) is 0 Å². The minimum atomic E-state index is -0.508. The summed E-state index contributed by atoms with van der Waals surface area (Å²) in [6, 6.07) is 13.4. The first-order chi connectivity index (χ1) is 17.4. The summed E-state index contributed by atoms with van der Waals surface area (Å²) in [6.07, 6.45) is 4.30. The molecule has 36 heavy (non-hydrogen) atoms. The first-order valence-corrected chi connectivity index (χ1v) is 11.6. The molecule has 1 aliphatic carbocycles. The third-order valence-electron chi connectivity index (χ3n) is 5.77. The molecule has 8 heteroatoms. The van der Waals surface area contributed by atoms with Gasteiger partial charge in [-0.3, -0.25) is 9.59 Å². The Bertz CT molecular complexity index is 1000. The van der Waals surface area contributed by atoms with Gasteiger partial charge in [-0.05, 0) is 61.1 Å². The molecule has 188 valence electrons. The largest absolute Gasteiger partial charge is 0.458 e. The molecule has 0 aliphatic heterocycles. The maximum Gasteiger partial charge on any atom is 0.330 e. The van der Waals surface area contributed by atoms with Crippen molar-refractivity contribution in [3.8, 4) is 11.5 Å². The number of rotatable bonds is 10. The highest BCUT2D eigenvalue weighted by molar-refractivity contribution is 5.81. The molecule has 0 aromatic heterocycles. The van der Waals surface area contributed by atoms with E-state index in [1.807, 2.05) is 0 Å². The second-order valence-corrected chi connectivity index (χ2v) is 8.30. The zero-order valence-electron chi connectivity index (χ0n) is 19.9. The SMILES string of the molecule is C=CC(=O)OCc1ccc(OC(=O)C2CCC(C(=O)Oc3ccc(COC(=O)C=C)cc3)CC2)cc1. The van der Waals surface area contributed by atoms with Crippen LogP contribution in [0.1, 0.15) is 36.8 Å². The van der Waals surface area contributed by atoms with Gasteiger partial charge in [-0.1, -0.05) is 37.4 Å². The third kappa shape index (κ3) is 7.94. The Kier molecular flexibility index (Phi) is 9.56. The first-order valence-electron chi connectivity index (χ1n) is 11.6. The number of carbonyl (C=O) groups is 4. The van der Waals surface area contributed by atoms with Crippen molar-refractivity contribution in [2.75, 3.05) is 0 Å². The number of ether oxygens (including phenoxy) is 4. The van der Waals surface area contributed by atoms with Crippen molar-refractivity contribution in [1.82, 2.24) is 0 Å². The number of hydrogen-bond acceptors (Lipinski definition) is 8. The molecule has 3 rings (SSSR count). The van der Waals surface area contributed by atoms with Crippen LogP contribution in [0.3, 0.4) is 0 Å². The molecule has 0 heterocycles. The molecule has 0 N–H and O–H groups in total. The summed E-state index contributed by atoms with van der Waals surface area (Å²) < 4.78 is 20.9. The molecule has 0 unspecified atom stereocenters. The van der Waals surface area contributed by atoms with Gasteiger partial charge in [0, 0.05) is 12.2 Å². The van der Waals surface area contributed by atoms with Crippen LogP contribution in [0, 0.1) is 11.8 Å². The van der Waals surface area contributed by atoms with Crippen molar-refractivity contribution >= 4 is 23.9 Å². The van der Waals surface area contributed by atoms with E-state index in [1.165, 1.54) is 0 Å². The van der Waals surface area contributed by atoms with Crippen LogP contribution in [0.15, 0.2) is 73.8 Å². The lowest BCUT2D eigenvalue weighted by atomic mass is 9.82. The summed E-state index contributed by atoms with van der Waals surface area (Å²) in [5.74, 6) is -1.45. The summed E-state index contributed by atoms with van der Waals surface area (Å²) in [7, 11) is 0. The molecule has 0 bridgehead atoms. The second-order valence-electron chi connectivity index (χ2n) is 8.30. The molecule has 0 amide bonds. The lowest BCUT2D eigenvalue weighted by Gasteiger charge is -2.25. The summed E-state index contributed by atoms with van der Waals surface area (Å²) >= 11 is 0. The van der Waals surface area contributed by atoms with E-state index >= 15 is 0 Å². The molecule has 0 atom stereocenters. The van der Waals surface area contributed by atoms with E-state index in [0.717, 1.165) is 23.3 Å². The third-order valence-corrected chi connectivity index (χ3v) is 5.77. The van der Waals surface area contributed by atoms with E-state index in [-0.39, 0.29) is 37.0 Å². The highest BCUT2D eigenvalue weighted by Gasteiger charge is 2.32. The minimum absolute atomic E-state index is 0.106. The summed E-state index contributed by atoms with van der Waals surface area (Å²) in [5.41, 5.74) is 1.52. The number of hydrogen-bond donors (Lipinski definition) is 0. The average Bonchev–Trinajstić information content (AvgIpc) is 2.91. The van der Waals surface area contributed by atoms with Crippen molar-refractivity contribution in [2.24, 2.45) is 11.8 Å². The molecule has 2 aromatic carbocycles. The fourth-order valence-corrected chi connectivity index (χ4v) is 3.70. The lowest BCUT2D eigenvalue weighted by molar-refractivity contribution is -0.145. The summed E-state index contributed by atoms with van der Waals surface area (Å²) in [5, 5.41) is 0. The molecule has 2 aromatic rings. The monoisotopic (exact) mass is 492 g/mol. The topological polar surface area (TPSA) is 105 Å². The molecular weight excluding hydrogens is 464 g/mol. The van der Waals surface area contributed by atoms with Crippen molar-refractivity contribution in [2.45, 2.75) is 38.9 Å². The molecule has 1 fully saturated rings. The van der Waals surface area contributed by atoms with E-state index in [0.29, 0.717) is 37.2 Å². The minimum Gasteiger partial charge on any atom is -0.458 e. The van der Waals surface area contributed by atoms with Gasteiger partial charge in [0.1, 0.15) is 24.7 Å².